The summed E-state index contributed by atoms with van der Waals surface area (Å²) in [5.74, 6) is 0.240. The first-order chi connectivity index (χ1) is 11.5. The molecule has 1 aromatic rings. The molecule has 2 aliphatic rings. The van der Waals surface area contributed by atoms with E-state index < -0.39 is 0 Å². The van der Waals surface area contributed by atoms with Gasteiger partial charge in [0.15, 0.2) is 0 Å². The quantitative estimate of drug-likeness (QED) is 0.734. The standard InChI is InChI=1S/C20H26ClNO2/c1-3-11-20(2)12-10-18(15-6-8-16(21)9-7-15)22(19(20)23)17-5-4-13-24-14-17/h3,6-9,17-18H,1,4-5,10-14H2,2H3. The largest absolute Gasteiger partial charge is 0.379 e. The average molecular weight is 348 g/mol. The number of halogens is 1. The second-order valence-corrected chi connectivity index (χ2v) is 7.68. The van der Waals surface area contributed by atoms with Gasteiger partial charge in [0.05, 0.1) is 24.1 Å². The monoisotopic (exact) mass is 347 g/mol. The molecule has 2 saturated heterocycles. The summed E-state index contributed by atoms with van der Waals surface area (Å²) in [7, 11) is 0. The molecular weight excluding hydrogens is 322 g/mol. The van der Waals surface area contributed by atoms with Crippen LogP contribution in [0.2, 0.25) is 5.02 Å². The molecule has 0 aliphatic carbocycles. The van der Waals surface area contributed by atoms with Crippen LogP contribution < -0.4 is 0 Å². The van der Waals surface area contributed by atoms with E-state index in [0.717, 1.165) is 43.7 Å². The van der Waals surface area contributed by atoms with Crippen LogP contribution in [-0.2, 0) is 9.53 Å². The number of ether oxygens (including phenoxy) is 1. The Kier molecular flexibility index (Phi) is 5.31. The van der Waals surface area contributed by atoms with Crippen molar-refractivity contribution in [3.63, 3.8) is 0 Å². The fourth-order valence-corrected chi connectivity index (χ4v) is 4.16. The minimum Gasteiger partial charge on any atom is -0.379 e. The van der Waals surface area contributed by atoms with Gasteiger partial charge in [-0.25, -0.2) is 0 Å². The van der Waals surface area contributed by atoms with Gasteiger partial charge in [-0.05, 0) is 49.8 Å². The Labute approximate surface area is 149 Å². The molecule has 0 N–H and O–H groups in total. The van der Waals surface area contributed by atoms with Crippen molar-refractivity contribution >= 4 is 17.5 Å². The van der Waals surface area contributed by atoms with Gasteiger partial charge in [0.2, 0.25) is 5.91 Å². The Balaban J connectivity index is 1.93. The second-order valence-electron chi connectivity index (χ2n) is 7.24. The zero-order chi connectivity index (χ0) is 17.2. The van der Waals surface area contributed by atoms with Crippen LogP contribution >= 0.6 is 11.6 Å². The molecule has 2 aliphatic heterocycles. The van der Waals surface area contributed by atoms with Gasteiger partial charge in [0, 0.05) is 11.6 Å². The van der Waals surface area contributed by atoms with Crippen LogP contribution in [0.15, 0.2) is 36.9 Å². The van der Waals surface area contributed by atoms with Crippen molar-refractivity contribution in [1.82, 2.24) is 4.90 Å². The van der Waals surface area contributed by atoms with Gasteiger partial charge in [-0.2, -0.15) is 0 Å². The first-order valence-corrected chi connectivity index (χ1v) is 9.20. The first kappa shape index (κ1) is 17.5. The topological polar surface area (TPSA) is 29.5 Å². The number of hydrogen-bond donors (Lipinski definition) is 0. The fourth-order valence-electron chi connectivity index (χ4n) is 4.04. The van der Waals surface area contributed by atoms with Crippen LogP contribution in [0, 0.1) is 5.41 Å². The van der Waals surface area contributed by atoms with Crippen LogP contribution in [-0.4, -0.2) is 30.1 Å². The van der Waals surface area contributed by atoms with Gasteiger partial charge in [0.1, 0.15) is 0 Å². The van der Waals surface area contributed by atoms with E-state index in [-0.39, 0.29) is 23.4 Å². The van der Waals surface area contributed by atoms with E-state index in [1.165, 1.54) is 5.56 Å². The lowest BCUT2D eigenvalue weighted by Crippen LogP contribution is -2.55. The van der Waals surface area contributed by atoms with E-state index in [2.05, 4.69) is 18.4 Å². The molecule has 3 nitrogen and oxygen atoms in total. The molecule has 1 aromatic carbocycles. The highest BCUT2D eigenvalue weighted by atomic mass is 35.5. The summed E-state index contributed by atoms with van der Waals surface area (Å²) in [4.78, 5) is 15.5. The van der Waals surface area contributed by atoms with Crippen molar-refractivity contribution in [2.24, 2.45) is 5.41 Å². The molecule has 0 aromatic heterocycles. The highest BCUT2D eigenvalue weighted by Gasteiger charge is 2.46. The van der Waals surface area contributed by atoms with Crippen molar-refractivity contribution in [2.75, 3.05) is 13.2 Å². The third-order valence-corrected chi connectivity index (χ3v) is 5.69. The Bertz CT molecular complexity index is 594. The molecule has 2 heterocycles. The molecule has 24 heavy (non-hydrogen) atoms. The van der Waals surface area contributed by atoms with Gasteiger partial charge in [-0.1, -0.05) is 36.7 Å². The van der Waals surface area contributed by atoms with Crippen molar-refractivity contribution < 1.29 is 9.53 Å². The lowest BCUT2D eigenvalue weighted by molar-refractivity contribution is -0.156. The van der Waals surface area contributed by atoms with Crippen LogP contribution in [0.1, 0.15) is 50.6 Å². The maximum absolute atomic E-state index is 13.4. The molecule has 3 unspecified atom stereocenters. The molecule has 0 radical (unpaired) electrons. The molecule has 0 saturated carbocycles. The van der Waals surface area contributed by atoms with Crippen LogP contribution in [0.5, 0.6) is 0 Å². The minimum atomic E-state index is -0.345. The van der Waals surface area contributed by atoms with Crippen molar-refractivity contribution in [2.45, 2.75) is 51.1 Å². The molecular formula is C20H26ClNO2. The Morgan fingerprint density at radius 1 is 1.38 bits per heavy atom. The Morgan fingerprint density at radius 2 is 2.12 bits per heavy atom. The molecule has 3 rings (SSSR count). The van der Waals surface area contributed by atoms with Crippen molar-refractivity contribution in [3.8, 4) is 0 Å². The van der Waals surface area contributed by atoms with Gasteiger partial charge in [-0.3, -0.25) is 4.79 Å². The number of allylic oxidation sites excluding steroid dienone is 1. The van der Waals surface area contributed by atoms with Crippen LogP contribution in [0.25, 0.3) is 0 Å². The summed E-state index contributed by atoms with van der Waals surface area (Å²) in [5.41, 5.74) is 0.821. The first-order valence-electron chi connectivity index (χ1n) is 8.82. The smallest absolute Gasteiger partial charge is 0.229 e. The lowest BCUT2D eigenvalue weighted by atomic mass is 9.74. The molecule has 4 heteroatoms. The van der Waals surface area contributed by atoms with E-state index in [0.29, 0.717) is 6.61 Å². The number of benzene rings is 1. The van der Waals surface area contributed by atoms with Gasteiger partial charge in [0.25, 0.3) is 0 Å². The van der Waals surface area contributed by atoms with E-state index in [4.69, 9.17) is 16.3 Å². The van der Waals surface area contributed by atoms with E-state index >= 15 is 0 Å². The number of rotatable bonds is 4. The van der Waals surface area contributed by atoms with Gasteiger partial charge < -0.3 is 9.64 Å². The number of piperidine rings is 1. The summed E-state index contributed by atoms with van der Waals surface area (Å²) in [6.45, 7) is 7.36. The highest BCUT2D eigenvalue weighted by Crippen LogP contribution is 2.44. The summed E-state index contributed by atoms with van der Waals surface area (Å²) in [6.07, 6.45) is 6.47. The van der Waals surface area contributed by atoms with Crippen LogP contribution in [0.3, 0.4) is 0 Å². The maximum atomic E-state index is 13.4. The molecule has 2 fully saturated rings. The van der Waals surface area contributed by atoms with Crippen molar-refractivity contribution in [3.05, 3.63) is 47.5 Å². The summed E-state index contributed by atoms with van der Waals surface area (Å²) in [6, 6.07) is 8.19. The van der Waals surface area contributed by atoms with Gasteiger partial charge in [-0.15, -0.1) is 6.58 Å². The molecule has 1 amide bonds. The highest BCUT2D eigenvalue weighted by molar-refractivity contribution is 6.30. The summed E-state index contributed by atoms with van der Waals surface area (Å²) >= 11 is 6.04. The predicted molar refractivity (Wildman–Crippen MR) is 97.0 cm³/mol. The average Bonchev–Trinajstić information content (AvgIpc) is 2.59. The Morgan fingerprint density at radius 3 is 2.75 bits per heavy atom. The molecule has 130 valence electrons. The number of carbonyl (C=O) groups excluding carboxylic acids is 1. The summed E-state index contributed by atoms with van der Waals surface area (Å²) < 4.78 is 5.68. The third-order valence-electron chi connectivity index (χ3n) is 5.44. The maximum Gasteiger partial charge on any atom is 0.229 e. The number of likely N-dealkylation sites (tertiary alicyclic amines) is 1. The Hall–Kier alpha value is -1.32. The zero-order valence-corrected chi connectivity index (χ0v) is 15.1. The fraction of sp³-hybridized carbons (Fsp3) is 0.550. The van der Waals surface area contributed by atoms with E-state index in [1.807, 2.05) is 30.3 Å². The van der Waals surface area contributed by atoms with Gasteiger partial charge >= 0.3 is 0 Å². The number of hydrogen-bond acceptors (Lipinski definition) is 2. The SMILES string of the molecule is C=CCC1(C)CCC(c2ccc(Cl)cc2)N(C2CCCOC2)C1=O. The van der Waals surface area contributed by atoms with Crippen molar-refractivity contribution in [1.29, 1.82) is 0 Å². The molecule has 0 bridgehead atoms. The molecule has 3 atom stereocenters. The summed E-state index contributed by atoms with van der Waals surface area (Å²) in [5, 5.41) is 0.727. The number of amides is 1. The third kappa shape index (κ3) is 3.38. The normalized spacial score (nSPS) is 31.1. The second kappa shape index (κ2) is 7.28. The zero-order valence-electron chi connectivity index (χ0n) is 14.3. The predicted octanol–water partition coefficient (Wildman–Crippen LogP) is 4.76. The van der Waals surface area contributed by atoms with E-state index in [9.17, 15) is 4.79 Å². The van der Waals surface area contributed by atoms with E-state index in [1.54, 1.807) is 0 Å². The number of nitrogens with zero attached hydrogens (tertiary/aromatic N) is 1. The minimum absolute atomic E-state index is 0.111. The number of carbonyl (C=O) groups is 1. The van der Waals surface area contributed by atoms with Crippen LogP contribution in [0.4, 0.5) is 0 Å². The lowest BCUT2D eigenvalue weighted by Gasteiger charge is -2.49. The molecule has 0 spiro atoms.